The van der Waals surface area contributed by atoms with Crippen LogP contribution in [0.5, 0.6) is 11.5 Å². The van der Waals surface area contributed by atoms with Crippen molar-refractivity contribution in [2.75, 3.05) is 0 Å². The van der Waals surface area contributed by atoms with Crippen molar-refractivity contribution in [2.45, 2.75) is 12.3 Å². The summed E-state index contributed by atoms with van der Waals surface area (Å²) in [5.74, 6) is 2.25. The normalized spacial score (nSPS) is 13.5. The average molecular weight is 784 g/mol. The molecule has 4 nitrogen and oxygen atoms in total. The van der Waals surface area contributed by atoms with Crippen molar-refractivity contribution >= 4 is 12.3 Å². The lowest BCUT2D eigenvalue weighted by atomic mass is 9.66. The van der Waals surface area contributed by atoms with Gasteiger partial charge in [0, 0.05) is 33.4 Å². The Morgan fingerprint density at radius 3 is 1.70 bits per heavy atom. The molecule has 61 heavy (non-hydrogen) atoms. The molecule has 10 rings (SSSR count). The number of allylic oxidation sites excluding steroid dienone is 5. The number of rotatable bonds is 9. The number of hydrogen-bond acceptors (Lipinski definition) is 4. The van der Waals surface area contributed by atoms with E-state index in [2.05, 4.69) is 164 Å². The van der Waals surface area contributed by atoms with Gasteiger partial charge in [-0.2, -0.15) is 0 Å². The second kappa shape index (κ2) is 15.3. The minimum atomic E-state index is -0.623. The maximum atomic E-state index is 7.16. The van der Waals surface area contributed by atoms with E-state index in [1.54, 1.807) is 12.2 Å². The molecule has 0 bridgehead atoms. The first-order valence-electron chi connectivity index (χ1n) is 20.4. The van der Waals surface area contributed by atoms with E-state index in [4.69, 9.17) is 14.7 Å². The minimum Gasteiger partial charge on any atom is -0.457 e. The zero-order valence-electron chi connectivity index (χ0n) is 33.8. The van der Waals surface area contributed by atoms with Crippen LogP contribution in [-0.2, 0) is 5.41 Å². The van der Waals surface area contributed by atoms with E-state index >= 15 is 0 Å². The van der Waals surface area contributed by atoms with E-state index in [1.165, 1.54) is 22.3 Å². The highest BCUT2D eigenvalue weighted by atomic mass is 16.5. The van der Waals surface area contributed by atoms with Crippen LogP contribution in [0.25, 0.3) is 61.7 Å². The van der Waals surface area contributed by atoms with Crippen molar-refractivity contribution in [1.82, 2.24) is 9.97 Å². The topological polar surface area (TPSA) is 47.4 Å². The lowest BCUT2D eigenvalue weighted by molar-refractivity contribution is 0.437. The highest BCUT2D eigenvalue weighted by molar-refractivity contribution is 5.90. The molecule has 2 heterocycles. The van der Waals surface area contributed by atoms with Gasteiger partial charge in [0.2, 0.25) is 0 Å². The molecule has 0 unspecified atom stereocenters. The molecule has 0 saturated heterocycles. The number of hydrogen-bond donors (Lipinski definition) is 0. The Kier molecular flexibility index (Phi) is 9.38. The van der Waals surface area contributed by atoms with Crippen LogP contribution < -0.4 is 4.74 Å². The predicted molar refractivity (Wildman–Crippen MR) is 252 cm³/mol. The average Bonchev–Trinajstić information content (AvgIpc) is 3.62. The third-order valence-corrected chi connectivity index (χ3v) is 12.0. The Morgan fingerprint density at radius 2 is 1.08 bits per heavy atom. The molecule has 0 atom stereocenters. The van der Waals surface area contributed by atoms with Crippen molar-refractivity contribution in [2.24, 2.45) is 4.99 Å². The highest BCUT2D eigenvalue weighted by Gasteiger charge is 2.51. The first-order valence-corrected chi connectivity index (χ1v) is 20.4. The van der Waals surface area contributed by atoms with Crippen LogP contribution in [0.3, 0.4) is 0 Å². The molecule has 4 heteroatoms. The standard InChI is InChI=1S/C57H41N3O/c1-5-18-44(55(58-4)37(3)6-2)42-24-17-23-40(33-42)41-29-31-49-53(34-41)61-54-35-43(30-32-50(54)57(49)47-27-15-13-25-45(47)46-26-14-16-28-48(46)57)52-36-51(38-19-9-7-10-20-38)59-56(60-52)39-21-11-8-12-22-39/h5-36H,1-2,4H2,3H3/b44-18-,55-37-. The molecule has 8 aromatic rings. The third kappa shape index (κ3) is 6.20. The molecule has 0 N–H and O–H groups in total. The van der Waals surface area contributed by atoms with Gasteiger partial charge in [-0.1, -0.05) is 183 Å². The van der Waals surface area contributed by atoms with Gasteiger partial charge in [-0.15, -0.1) is 0 Å². The minimum absolute atomic E-state index is 0.623. The molecule has 0 amide bonds. The summed E-state index contributed by atoms with van der Waals surface area (Å²) in [7, 11) is 0. The van der Waals surface area contributed by atoms with E-state index in [9.17, 15) is 0 Å². The summed E-state index contributed by atoms with van der Waals surface area (Å²) < 4.78 is 7.16. The van der Waals surface area contributed by atoms with E-state index in [1.807, 2.05) is 49.4 Å². The van der Waals surface area contributed by atoms with Crippen molar-refractivity contribution in [3.05, 3.63) is 246 Å². The molecular weight excluding hydrogens is 743 g/mol. The summed E-state index contributed by atoms with van der Waals surface area (Å²) in [5.41, 5.74) is 16.8. The van der Waals surface area contributed by atoms with Crippen LogP contribution in [0.4, 0.5) is 0 Å². The number of aliphatic imine (C=N–C) groups is 1. The number of benzene rings is 7. The summed E-state index contributed by atoms with van der Waals surface area (Å²) in [4.78, 5) is 14.6. The molecule has 0 radical (unpaired) electrons. The third-order valence-electron chi connectivity index (χ3n) is 12.0. The van der Waals surface area contributed by atoms with Crippen LogP contribution in [0, 0.1) is 0 Å². The molecule has 0 fully saturated rings. The fourth-order valence-corrected chi connectivity index (χ4v) is 9.13. The fraction of sp³-hybridized carbons (Fsp3) is 0.0351. The Balaban J connectivity index is 1.17. The zero-order chi connectivity index (χ0) is 41.5. The second-order valence-electron chi connectivity index (χ2n) is 15.3. The quantitative estimate of drug-likeness (QED) is 0.108. The number of ether oxygens (including phenoxy) is 1. The van der Waals surface area contributed by atoms with Crippen LogP contribution in [0.15, 0.2) is 224 Å². The van der Waals surface area contributed by atoms with Gasteiger partial charge in [0.25, 0.3) is 0 Å². The van der Waals surface area contributed by atoms with Crippen LogP contribution >= 0.6 is 0 Å². The summed E-state index contributed by atoms with van der Waals surface area (Å²) in [6.07, 6.45) is 5.56. The van der Waals surface area contributed by atoms with Gasteiger partial charge < -0.3 is 4.74 Å². The van der Waals surface area contributed by atoms with E-state index < -0.39 is 5.41 Å². The van der Waals surface area contributed by atoms with Gasteiger partial charge in [-0.3, -0.25) is 4.99 Å². The lowest BCUT2D eigenvalue weighted by Gasteiger charge is -2.39. The molecule has 0 saturated carbocycles. The first kappa shape index (κ1) is 37.3. The van der Waals surface area contributed by atoms with Crippen molar-refractivity contribution < 1.29 is 4.74 Å². The van der Waals surface area contributed by atoms with Crippen LogP contribution in [0.1, 0.15) is 34.7 Å². The SMILES string of the molecule is C=C/C=C(\C(N=C)=C(/C)C=C)c1cccc(-c2ccc3c(c2)Oc2cc(-c4cc(-c5ccccc5)nc(-c5ccccc5)n4)ccc2C32c3ccccc3-c3ccccc32)c1. The van der Waals surface area contributed by atoms with Gasteiger partial charge in [0.1, 0.15) is 11.5 Å². The number of aromatic nitrogens is 2. The Bertz CT molecular complexity index is 3020. The van der Waals surface area contributed by atoms with Gasteiger partial charge in [0.05, 0.1) is 22.5 Å². The summed E-state index contributed by atoms with van der Waals surface area (Å²) in [6, 6.07) is 61.9. The molecule has 1 spiro atoms. The fourth-order valence-electron chi connectivity index (χ4n) is 9.13. The second-order valence-corrected chi connectivity index (χ2v) is 15.3. The zero-order valence-corrected chi connectivity index (χ0v) is 33.8. The van der Waals surface area contributed by atoms with Crippen molar-refractivity contribution in [3.63, 3.8) is 0 Å². The highest BCUT2D eigenvalue weighted by Crippen LogP contribution is 2.62. The summed E-state index contributed by atoms with van der Waals surface area (Å²) >= 11 is 0. The summed E-state index contributed by atoms with van der Waals surface area (Å²) in [6.45, 7) is 13.8. The summed E-state index contributed by atoms with van der Waals surface area (Å²) in [5, 5.41) is 0. The smallest absolute Gasteiger partial charge is 0.160 e. The first-order chi connectivity index (χ1) is 30.0. The molecule has 1 aliphatic carbocycles. The van der Waals surface area contributed by atoms with Gasteiger partial charge in [0.15, 0.2) is 5.82 Å². The maximum Gasteiger partial charge on any atom is 0.160 e. The monoisotopic (exact) mass is 783 g/mol. The van der Waals surface area contributed by atoms with E-state index in [0.29, 0.717) is 5.82 Å². The van der Waals surface area contributed by atoms with E-state index in [0.717, 1.165) is 84.2 Å². The van der Waals surface area contributed by atoms with Gasteiger partial charge in [-0.05, 0) is 82.4 Å². The number of nitrogens with zero attached hydrogens (tertiary/aromatic N) is 3. The Morgan fingerprint density at radius 1 is 0.541 bits per heavy atom. The molecule has 1 aromatic heterocycles. The van der Waals surface area contributed by atoms with Gasteiger partial charge in [-0.25, -0.2) is 9.97 Å². The Hall–Kier alpha value is -7.95. The van der Waals surface area contributed by atoms with Crippen LogP contribution in [0.2, 0.25) is 0 Å². The van der Waals surface area contributed by atoms with Crippen molar-refractivity contribution in [1.29, 1.82) is 0 Å². The molecule has 1 aliphatic heterocycles. The number of fused-ring (bicyclic) bond motifs is 9. The molecule has 2 aliphatic rings. The lowest BCUT2D eigenvalue weighted by Crippen LogP contribution is -2.32. The predicted octanol–water partition coefficient (Wildman–Crippen LogP) is 14.3. The van der Waals surface area contributed by atoms with Gasteiger partial charge >= 0.3 is 0 Å². The van der Waals surface area contributed by atoms with E-state index in [-0.39, 0.29) is 0 Å². The largest absolute Gasteiger partial charge is 0.457 e. The molecule has 7 aromatic carbocycles. The maximum absolute atomic E-state index is 7.16. The molecule has 290 valence electrons. The Labute approximate surface area is 357 Å². The van der Waals surface area contributed by atoms with Crippen molar-refractivity contribution in [3.8, 4) is 67.7 Å². The molecular formula is C57H41N3O. The van der Waals surface area contributed by atoms with Crippen LogP contribution in [-0.4, -0.2) is 16.7 Å².